The fourth-order valence-corrected chi connectivity index (χ4v) is 0.954. The normalized spacial score (nSPS) is 11.8. The molecule has 0 unspecified atom stereocenters. The van der Waals surface area contributed by atoms with Crippen LogP contribution in [0.2, 0.25) is 0 Å². The molecule has 0 aliphatic rings. The van der Waals surface area contributed by atoms with E-state index in [1.54, 1.807) is 0 Å². The second-order valence-electron chi connectivity index (χ2n) is 2.72. The van der Waals surface area contributed by atoms with Crippen molar-refractivity contribution in [1.82, 2.24) is 9.78 Å². The van der Waals surface area contributed by atoms with E-state index in [0.29, 0.717) is 0 Å². The number of nitrogens with zero attached hydrogens (tertiary/aromatic N) is 6. The van der Waals surface area contributed by atoms with Crippen molar-refractivity contribution in [2.24, 2.45) is 5.11 Å². The number of aliphatic hydroxyl groups is 1. The van der Waals surface area contributed by atoms with E-state index in [0.717, 1.165) is 0 Å². The van der Waals surface area contributed by atoms with E-state index in [1.807, 2.05) is 0 Å². The summed E-state index contributed by atoms with van der Waals surface area (Å²) in [5, 5.41) is 26.3. The van der Waals surface area contributed by atoms with E-state index in [-0.39, 0.29) is 18.9 Å². The van der Waals surface area contributed by atoms with Crippen LogP contribution >= 0.6 is 0 Å². The Morgan fingerprint density at radius 3 is 3.13 bits per heavy atom. The average Bonchev–Trinajstić information content (AvgIpc) is 2.63. The number of aliphatic hydroxyl groups excluding tert-OH is 1. The van der Waals surface area contributed by atoms with Gasteiger partial charge in [-0.05, 0) is 10.5 Å². The van der Waals surface area contributed by atoms with Crippen molar-refractivity contribution in [2.45, 2.75) is 12.6 Å². The van der Waals surface area contributed by atoms with Gasteiger partial charge in [-0.3, -0.25) is 0 Å². The van der Waals surface area contributed by atoms with Crippen molar-refractivity contribution in [3.63, 3.8) is 0 Å². The zero-order valence-electron chi connectivity index (χ0n) is 7.59. The average molecular weight is 212 g/mol. The number of azide groups is 1. The van der Waals surface area contributed by atoms with Gasteiger partial charge in [0.15, 0.2) is 0 Å². The fraction of sp³-hybridized carbons (Fsp3) is 0.500. The van der Waals surface area contributed by atoms with Gasteiger partial charge in [-0.15, -0.1) is 0 Å². The summed E-state index contributed by atoms with van der Waals surface area (Å²) in [5.74, 6) is -0.286. The minimum Gasteiger partial charge on any atom is -0.391 e. The van der Waals surface area contributed by atoms with Crippen LogP contribution in [-0.4, -0.2) is 32.5 Å². The zero-order chi connectivity index (χ0) is 11.3. The van der Waals surface area contributed by atoms with Crippen LogP contribution in [0.1, 0.15) is 0 Å². The molecule has 1 rings (SSSR count). The van der Waals surface area contributed by atoms with Gasteiger partial charge >= 0.3 is 5.82 Å². The van der Waals surface area contributed by atoms with Gasteiger partial charge in [0.1, 0.15) is 0 Å². The zero-order valence-corrected chi connectivity index (χ0v) is 7.59. The van der Waals surface area contributed by atoms with Crippen molar-refractivity contribution in [1.29, 1.82) is 0 Å². The van der Waals surface area contributed by atoms with Crippen molar-refractivity contribution in [3.05, 3.63) is 32.8 Å². The van der Waals surface area contributed by atoms with Gasteiger partial charge in [-0.25, -0.2) is 0 Å². The Balaban J connectivity index is 2.56. The molecule has 1 aromatic heterocycles. The summed E-state index contributed by atoms with van der Waals surface area (Å²) in [6, 6.07) is 1.22. The Morgan fingerprint density at radius 2 is 2.60 bits per heavy atom. The van der Waals surface area contributed by atoms with Crippen LogP contribution in [0.15, 0.2) is 17.4 Å². The topological polar surface area (TPSA) is 130 Å². The van der Waals surface area contributed by atoms with Crippen LogP contribution in [0, 0.1) is 10.1 Å². The number of aromatic nitrogens is 2. The molecule has 0 aliphatic carbocycles. The minimum absolute atomic E-state index is 0.0485. The molecule has 1 aromatic rings. The Hall–Kier alpha value is -2.12. The smallest absolute Gasteiger partial charge is 0.389 e. The molecule has 15 heavy (non-hydrogen) atoms. The third-order valence-electron chi connectivity index (χ3n) is 1.57. The standard InChI is InChI=1S/C6H8N6O3/c7-10-8-3-5(13)4-11-2-1-6(9-11)12(14)15/h1-2,5,13H,3-4H2/t5-/m0/s1. The summed E-state index contributed by atoms with van der Waals surface area (Å²) < 4.78 is 1.22. The molecule has 0 bridgehead atoms. The first kappa shape index (κ1) is 11.0. The lowest BCUT2D eigenvalue weighted by Crippen LogP contribution is -2.19. The Morgan fingerprint density at radius 1 is 1.87 bits per heavy atom. The molecule has 9 heteroatoms. The summed E-state index contributed by atoms with van der Waals surface area (Å²) in [6.07, 6.45) is 0.470. The van der Waals surface area contributed by atoms with Gasteiger partial charge in [0.2, 0.25) is 0 Å². The predicted octanol–water partition coefficient (Wildman–Crippen LogP) is 0.462. The van der Waals surface area contributed by atoms with Crippen LogP contribution in [0.5, 0.6) is 0 Å². The van der Waals surface area contributed by atoms with E-state index < -0.39 is 11.0 Å². The maximum Gasteiger partial charge on any atom is 0.389 e. The van der Waals surface area contributed by atoms with Gasteiger partial charge in [0.25, 0.3) is 0 Å². The molecule has 0 saturated carbocycles. The third-order valence-corrected chi connectivity index (χ3v) is 1.57. The summed E-state index contributed by atoms with van der Waals surface area (Å²) in [6.45, 7) is -0.0446. The first-order chi connectivity index (χ1) is 7.13. The molecule has 0 radical (unpaired) electrons. The molecular formula is C6H8N6O3. The highest BCUT2D eigenvalue weighted by atomic mass is 16.6. The first-order valence-electron chi connectivity index (χ1n) is 4.00. The quantitative estimate of drug-likeness (QED) is 0.250. The monoisotopic (exact) mass is 212 g/mol. The highest BCUT2D eigenvalue weighted by Gasteiger charge is 2.13. The summed E-state index contributed by atoms with van der Waals surface area (Å²) in [5.41, 5.74) is 7.99. The number of rotatable bonds is 5. The summed E-state index contributed by atoms with van der Waals surface area (Å²) in [7, 11) is 0. The molecular weight excluding hydrogens is 204 g/mol. The molecule has 0 spiro atoms. The highest BCUT2D eigenvalue weighted by Crippen LogP contribution is 2.05. The predicted molar refractivity (Wildman–Crippen MR) is 48.9 cm³/mol. The van der Waals surface area contributed by atoms with E-state index in [2.05, 4.69) is 15.1 Å². The molecule has 80 valence electrons. The van der Waals surface area contributed by atoms with E-state index in [1.165, 1.54) is 16.9 Å². The SMILES string of the molecule is [N-]=[N+]=NC[C@H](O)Cn1ccc([N+](=O)[O-])n1. The first-order valence-corrected chi connectivity index (χ1v) is 4.00. The van der Waals surface area contributed by atoms with E-state index in [4.69, 9.17) is 5.53 Å². The second kappa shape index (κ2) is 4.94. The number of hydrogen-bond donors (Lipinski definition) is 1. The number of hydrogen-bond acceptors (Lipinski definition) is 5. The second-order valence-corrected chi connectivity index (χ2v) is 2.72. The molecule has 1 heterocycles. The van der Waals surface area contributed by atoms with Gasteiger partial charge in [0, 0.05) is 4.91 Å². The maximum absolute atomic E-state index is 10.3. The maximum atomic E-state index is 10.3. The molecule has 0 aromatic carbocycles. The van der Waals surface area contributed by atoms with Crippen LogP contribution in [-0.2, 0) is 6.54 Å². The molecule has 1 N–H and O–H groups in total. The minimum atomic E-state index is -0.902. The van der Waals surface area contributed by atoms with Crippen LogP contribution in [0.3, 0.4) is 0 Å². The lowest BCUT2D eigenvalue weighted by atomic mass is 10.4. The molecule has 9 nitrogen and oxygen atoms in total. The summed E-state index contributed by atoms with van der Waals surface area (Å²) >= 11 is 0. The third kappa shape index (κ3) is 3.25. The van der Waals surface area contributed by atoms with E-state index >= 15 is 0 Å². The van der Waals surface area contributed by atoms with E-state index in [9.17, 15) is 15.2 Å². The van der Waals surface area contributed by atoms with Gasteiger partial charge < -0.3 is 15.2 Å². The Kier molecular flexibility index (Phi) is 3.61. The molecule has 0 amide bonds. The molecule has 0 aliphatic heterocycles. The summed E-state index contributed by atoms with van der Waals surface area (Å²) in [4.78, 5) is 12.1. The van der Waals surface area contributed by atoms with Crippen molar-refractivity contribution in [2.75, 3.05) is 6.54 Å². The molecule has 1 atom stereocenters. The molecule has 0 fully saturated rings. The van der Waals surface area contributed by atoms with Crippen molar-refractivity contribution < 1.29 is 10.0 Å². The van der Waals surface area contributed by atoms with Gasteiger partial charge in [0.05, 0.1) is 36.6 Å². The van der Waals surface area contributed by atoms with Gasteiger partial charge in [-0.2, -0.15) is 4.68 Å². The number of nitro groups is 1. The Bertz CT molecular complexity index is 395. The van der Waals surface area contributed by atoms with Crippen molar-refractivity contribution >= 4 is 5.82 Å². The van der Waals surface area contributed by atoms with Crippen molar-refractivity contribution in [3.8, 4) is 0 Å². The highest BCUT2D eigenvalue weighted by molar-refractivity contribution is 5.13. The lowest BCUT2D eigenvalue weighted by Gasteiger charge is -2.03. The van der Waals surface area contributed by atoms with Crippen LogP contribution < -0.4 is 0 Å². The fourth-order valence-electron chi connectivity index (χ4n) is 0.954. The Labute approximate surface area is 83.7 Å². The van der Waals surface area contributed by atoms with Crippen LogP contribution in [0.25, 0.3) is 10.4 Å². The lowest BCUT2D eigenvalue weighted by molar-refractivity contribution is -0.389. The van der Waals surface area contributed by atoms with Gasteiger partial charge in [-0.1, -0.05) is 5.11 Å². The molecule has 0 saturated heterocycles. The largest absolute Gasteiger partial charge is 0.391 e. The van der Waals surface area contributed by atoms with Crippen LogP contribution in [0.4, 0.5) is 5.82 Å².